The maximum absolute atomic E-state index is 8.70. The zero-order valence-electron chi connectivity index (χ0n) is 5.69. The first kappa shape index (κ1) is 16.2. The van der Waals surface area contributed by atoms with Crippen LogP contribution >= 0.6 is 68.3 Å². The number of halogens is 4. The predicted molar refractivity (Wildman–Crippen MR) is 66.8 cm³/mol. The Morgan fingerprint density at radius 2 is 2.00 bits per heavy atom. The van der Waals surface area contributed by atoms with E-state index in [2.05, 4.69) is 55.9 Å². The molecule has 1 aromatic rings. The molecule has 0 aromatic carbocycles. The Labute approximate surface area is 115 Å². The summed E-state index contributed by atoms with van der Waals surface area (Å²) in [7, 11) is 0.628. The Morgan fingerprint density at radius 1 is 1.50 bits per heavy atom. The SMILES string of the molecule is Cl.O[n+]1cccc(Br)c1.[I][V][I]. The molecule has 0 amide bonds. The fraction of sp³-hybridized carbons (Fsp3) is 0. The predicted octanol–water partition coefficient (Wildman–Crippen LogP) is 3.16. The Bertz CT molecular complexity index is 201. The van der Waals surface area contributed by atoms with Crippen LogP contribution in [0.2, 0.25) is 0 Å². The topological polar surface area (TPSA) is 24.1 Å². The molecule has 0 aliphatic heterocycles. The van der Waals surface area contributed by atoms with Crippen molar-refractivity contribution >= 4 is 68.3 Å². The van der Waals surface area contributed by atoms with Crippen LogP contribution in [0, 0.1) is 0 Å². The zero-order valence-corrected chi connectivity index (χ0v) is 13.8. The van der Waals surface area contributed by atoms with Gasteiger partial charge in [0.1, 0.15) is 0 Å². The van der Waals surface area contributed by atoms with E-state index in [4.69, 9.17) is 5.21 Å². The van der Waals surface area contributed by atoms with Crippen molar-refractivity contribution in [1.29, 1.82) is 0 Å². The van der Waals surface area contributed by atoms with Crippen LogP contribution in [-0.2, 0) is 9.47 Å². The molecule has 0 unspecified atom stereocenters. The third-order valence-corrected chi connectivity index (χ3v) is 1.22. The quantitative estimate of drug-likeness (QED) is 0.320. The molecule has 0 aliphatic rings. The van der Waals surface area contributed by atoms with Crippen molar-refractivity contribution in [2.24, 2.45) is 0 Å². The van der Waals surface area contributed by atoms with Crippen LogP contribution in [0.3, 0.4) is 0 Å². The molecule has 0 saturated carbocycles. The summed E-state index contributed by atoms with van der Waals surface area (Å²) in [6.07, 6.45) is 3.10. The molecule has 0 bridgehead atoms. The molecule has 1 N–H and O–H groups in total. The molecular formula is C5H6BrClI2NOV+. The van der Waals surface area contributed by atoms with E-state index in [0.29, 0.717) is 9.47 Å². The van der Waals surface area contributed by atoms with Gasteiger partial charge in [0, 0.05) is 10.8 Å². The van der Waals surface area contributed by atoms with Gasteiger partial charge in [-0.1, -0.05) is 0 Å². The van der Waals surface area contributed by atoms with Crippen molar-refractivity contribution in [3.05, 3.63) is 29.0 Å². The monoisotopic (exact) mass is 515 g/mol. The van der Waals surface area contributed by atoms with Gasteiger partial charge in [0.25, 0.3) is 0 Å². The Balaban J connectivity index is 0. The molecule has 0 spiro atoms. The van der Waals surface area contributed by atoms with E-state index >= 15 is 0 Å². The Kier molecular flexibility index (Phi) is 14.6. The summed E-state index contributed by atoms with van der Waals surface area (Å²) < 4.78 is 1.85. The van der Waals surface area contributed by atoms with Crippen molar-refractivity contribution in [1.82, 2.24) is 0 Å². The molecule has 7 heteroatoms. The number of hydrogen-bond donors (Lipinski definition) is 1. The second kappa shape index (κ2) is 10.8. The van der Waals surface area contributed by atoms with E-state index in [1.807, 2.05) is 6.07 Å². The Morgan fingerprint density at radius 3 is 2.25 bits per heavy atom. The van der Waals surface area contributed by atoms with E-state index < -0.39 is 0 Å². The summed E-state index contributed by atoms with van der Waals surface area (Å²) in [5, 5.41) is 8.70. The van der Waals surface area contributed by atoms with Gasteiger partial charge >= 0.3 is 49.4 Å². The molecule has 1 aromatic heterocycles. The van der Waals surface area contributed by atoms with Crippen molar-refractivity contribution in [2.75, 3.05) is 0 Å². The van der Waals surface area contributed by atoms with Gasteiger partial charge in [0.15, 0.2) is 0 Å². The summed E-state index contributed by atoms with van der Waals surface area (Å²) in [6, 6.07) is 3.58. The first-order valence-electron chi connectivity index (χ1n) is 2.49. The van der Waals surface area contributed by atoms with Crippen molar-refractivity contribution in [2.45, 2.75) is 0 Å². The first-order chi connectivity index (χ1) is 5.20. The van der Waals surface area contributed by atoms with Gasteiger partial charge in [-0.15, -0.1) is 12.4 Å². The zero-order chi connectivity index (χ0) is 8.69. The molecule has 12 heavy (non-hydrogen) atoms. The van der Waals surface area contributed by atoms with Crippen molar-refractivity contribution < 1.29 is 19.4 Å². The second-order valence-electron chi connectivity index (χ2n) is 1.47. The van der Waals surface area contributed by atoms with E-state index in [-0.39, 0.29) is 12.4 Å². The van der Waals surface area contributed by atoms with Crippen LogP contribution < -0.4 is 4.73 Å². The minimum atomic E-state index is 0. The van der Waals surface area contributed by atoms with E-state index in [9.17, 15) is 0 Å². The summed E-state index contributed by atoms with van der Waals surface area (Å²) >= 11 is 7.92. The summed E-state index contributed by atoms with van der Waals surface area (Å²) in [4.78, 5) is 0. The van der Waals surface area contributed by atoms with E-state index in [1.165, 1.54) is 0 Å². The molecule has 0 aliphatic carbocycles. The van der Waals surface area contributed by atoms with Gasteiger partial charge in [-0.05, 0) is 22.0 Å². The van der Waals surface area contributed by atoms with Gasteiger partial charge in [-0.25, -0.2) is 0 Å². The molecule has 0 saturated heterocycles. The van der Waals surface area contributed by atoms with Gasteiger partial charge < -0.3 is 0 Å². The van der Waals surface area contributed by atoms with Crippen LogP contribution in [-0.4, -0.2) is 5.21 Å². The average molecular weight is 516 g/mol. The minimum absolute atomic E-state index is 0. The molecule has 0 atom stereocenters. The average Bonchev–Trinajstić information content (AvgIpc) is 1.88. The molecule has 2 nitrogen and oxygen atoms in total. The number of nitrogens with zero attached hydrogens (tertiary/aromatic N) is 1. The molecule has 69 valence electrons. The van der Waals surface area contributed by atoms with Crippen molar-refractivity contribution in [3.63, 3.8) is 0 Å². The second-order valence-corrected chi connectivity index (χ2v) is 14.2. The van der Waals surface area contributed by atoms with Gasteiger partial charge in [-0.3, -0.25) is 5.21 Å². The molecular weight excluding hydrogens is 510 g/mol. The molecule has 1 heterocycles. The third-order valence-electron chi connectivity index (χ3n) is 0.750. The summed E-state index contributed by atoms with van der Waals surface area (Å²) in [5.74, 6) is 0. The molecule has 1 rings (SSSR count). The van der Waals surface area contributed by atoms with Crippen LogP contribution in [0.25, 0.3) is 0 Å². The standard InChI is InChI=1S/C5H5BrNO.ClH.2HI.V/c6-5-2-1-3-7(8)4-5;;;;/h1-4,8H;3*1H;/q+1;;;;+2/p-2. The fourth-order valence-corrected chi connectivity index (χ4v) is 0.798. The van der Waals surface area contributed by atoms with E-state index in [0.717, 1.165) is 9.20 Å². The molecule has 0 fully saturated rings. The Hall–Kier alpha value is 1.76. The van der Waals surface area contributed by atoms with Crippen LogP contribution in [0.5, 0.6) is 0 Å². The van der Waals surface area contributed by atoms with Gasteiger partial charge in [0.2, 0.25) is 12.4 Å². The number of pyridine rings is 1. The number of aromatic nitrogens is 1. The third kappa shape index (κ3) is 9.85. The van der Waals surface area contributed by atoms with Crippen LogP contribution in [0.15, 0.2) is 29.0 Å². The van der Waals surface area contributed by atoms with Gasteiger partial charge in [0.05, 0.1) is 4.47 Å². The fourth-order valence-electron chi connectivity index (χ4n) is 0.436. The number of rotatable bonds is 0. The molecule has 0 radical (unpaired) electrons. The normalized spacial score (nSPS) is 7.25. The van der Waals surface area contributed by atoms with E-state index in [1.54, 1.807) is 18.5 Å². The van der Waals surface area contributed by atoms with Gasteiger partial charge in [-0.2, -0.15) is 0 Å². The van der Waals surface area contributed by atoms with Crippen LogP contribution in [0.4, 0.5) is 0 Å². The summed E-state index contributed by atoms with van der Waals surface area (Å²) in [5.41, 5.74) is 0. The van der Waals surface area contributed by atoms with Crippen molar-refractivity contribution in [3.8, 4) is 0 Å². The summed E-state index contributed by atoms with van der Waals surface area (Å²) in [6.45, 7) is 0. The number of hydrogen-bond acceptors (Lipinski definition) is 1. The van der Waals surface area contributed by atoms with Crippen LogP contribution in [0.1, 0.15) is 0 Å². The maximum atomic E-state index is 8.70. The first-order valence-corrected chi connectivity index (χ1v) is 12.3.